The normalized spacial score (nSPS) is 13.2. The maximum Gasteiger partial charge on any atom is 0.244 e. The van der Waals surface area contributed by atoms with E-state index >= 15 is 0 Å². The quantitative estimate of drug-likeness (QED) is 0.686. The lowest BCUT2D eigenvalue weighted by molar-refractivity contribution is 0.560. The highest BCUT2D eigenvalue weighted by atomic mass is 32.2. The maximum atomic E-state index is 12.2. The first-order valence-electron chi connectivity index (χ1n) is 5.42. The fourth-order valence-electron chi connectivity index (χ4n) is 1.50. The van der Waals surface area contributed by atoms with Crippen LogP contribution in [0.25, 0.3) is 0 Å². The van der Waals surface area contributed by atoms with Crippen molar-refractivity contribution >= 4 is 15.7 Å². The Kier molecular flexibility index (Phi) is 3.71. The Hall–Kier alpha value is -2.07. The van der Waals surface area contributed by atoms with E-state index in [0.717, 1.165) is 0 Å². The summed E-state index contributed by atoms with van der Waals surface area (Å²) in [6.45, 7) is 1.62. The Morgan fingerprint density at radius 1 is 1.42 bits per heavy atom. The summed E-state index contributed by atoms with van der Waals surface area (Å²) in [5.74, 6) is 0.262. The lowest BCUT2D eigenvalue weighted by Crippen LogP contribution is -2.28. The summed E-state index contributed by atoms with van der Waals surface area (Å²) in [4.78, 5) is 3.88. The van der Waals surface area contributed by atoms with Crippen molar-refractivity contribution in [3.05, 3.63) is 24.3 Å². The molecule has 2 rings (SSSR count). The lowest BCUT2D eigenvalue weighted by atomic mass is 10.4. The number of nitrogens with one attached hydrogen (secondary N) is 3. The first-order valence-corrected chi connectivity index (χ1v) is 6.90. The third-order valence-electron chi connectivity index (χ3n) is 2.42. The Bertz CT molecular complexity index is 640. The molecule has 9 nitrogen and oxygen atoms in total. The second kappa shape index (κ2) is 5.28. The molecule has 0 bridgehead atoms. The molecule has 102 valence electrons. The molecule has 0 amide bonds. The molecule has 0 spiro atoms. The first kappa shape index (κ1) is 13.4. The molecular formula is C9H13N7O2S. The SMILES string of the molecule is CNc1ccncc1S(=O)(=O)NC(C)c1nn[nH]n1. The Morgan fingerprint density at radius 2 is 2.21 bits per heavy atom. The number of tetrazole rings is 1. The van der Waals surface area contributed by atoms with Gasteiger partial charge in [0.15, 0.2) is 5.82 Å². The topological polar surface area (TPSA) is 126 Å². The molecule has 2 heterocycles. The summed E-state index contributed by atoms with van der Waals surface area (Å²) < 4.78 is 26.9. The van der Waals surface area contributed by atoms with Gasteiger partial charge in [0.2, 0.25) is 10.0 Å². The second-order valence-corrected chi connectivity index (χ2v) is 5.42. The number of H-pyrrole nitrogens is 1. The predicted octanol–water partition coefficient (Wildman–Crippen LogP) is -0.324. The number of aromatic nitrogens is 5. The van der Waals surface area contributed by atoms with Crippen molar-refractivity contribution in [2.75, 3.05) is 12.4 Å². The fraction of sp³-hybridized carbons (Fsp3) is 0.333. The van der Waals surface area contributed by atoms with Gasteiger partial charge in [0.1, 0.15) is 4.90 Å². The van der Waals surface area contributed by atoms with Gasteiger partial charge in [-0.1, -0.05) is 5.21 Å². The van der Waals surface area contributed by atoms with Crippen LogP contribution in [-0.4, -0.2) is 41.1 Å². The molecule has 0 aromatic carbocycles. The smallest absolute Gasteiger partial charge is 0.244 e. The molecule has 0 saturated heterocycles. The summed E-state index contributed by atoms with van der Waals surface area (Å²) >= 11 is 0. The molecule has 0 fully saturated rings. The van der Waals surface area contributed by atoms with Gasteiger partial charge in [-0.3, -0.25) is 4.98 Å². The maximum absolute atomic E-state index is 12.2. The van der Waals surface area contributed by atoms with Crippen molar-refractivity contribution < 1.29 is 8.42 Å². The minimum absolute atomic E-state index is 0.0628. The first-order chi connectivity index (χ1) is 9.04. The summed E-state index contributed by atoms with van der Waals surface area (Å²) in [6, 6.07) is 0.974. The van der Waals surface area contributed by atoms with E-state index in [1.54, 1.807) is 20.0 Å². The highest BCUT2D eigenvalue weighted by Gasteiger charge is 2.23. The number of rotatable bonds is 5. The molecule has 0 aliphatic heterocycles. The lowest BCUT2D eigenvalue weighted by Gasteiger charge is -2.13. The molecule has 10 heteroatoms. The molecule has 0 aliphatic carbocycles. The third kappa shape index (κ3) is 2.85. The number of nitrogens with zero attached hydrogens (tertiary/aromatic N) is 4. The third-order valence-corrected chi connectivity index (χ3v) is 3.99. The van der Waals surface area contributed by atoms with Gasteiger partial charge in [0.05, 0.1) is 11.7 Å². The zero-order valence-corrected chi connectivity index (χ0v) is 11.1. The van der Waals surface area contributed by atoms with Crippen LogP contribution in [-0.2, 0) is 10.0 Å². The van der Waals surface area contributed by atoms with E-state index in [1.165, 1.54) is 12.4 Å². The minimum Gasteiger partial charge on any atom is -0.387 e. The van der Waals surface area contributed by atoms with E-state index in [-0.39, 0.29) is 10.7 Å². The zero-order chi connectivity index (χ0) is 13.9. The fourth-order valence-corrected chi connectivity index (χ4v) is 2.86. The van der Waals surface area contributed by atoms with Crippen LogP contribution in [0, 0.1) is 0 Å². The number of sulfonamides is 1. The van der Waals surface area contributed by atoms with Crippen LogP contribution in [0.5, 0.6) is 0 Å². The average Bonchev–Trinajstić information content (AvgIpc) is 2.92. The molecule has 0 aliphatic rings. The summed E-state index contributed by atoms with van der Waals surface area (Å²) in [7, 11) is -2.09. The van der Waals surface area contributed by atoms with Crippen LogP contribution in [0.3, 0.4) is 0 Å². The molecule has 2 aromatic heterocycles. The van der Waals surface area contributed by atoms with Crippen LogP contribution in [0.2, 0.25) is 0 Å². The van der Waals surface area contributed by atoms with Gasteiger partial charge in [-0.05, 0) is 13.0 Å². The molecule has 3 N–H and O–H groups in total. The number of hydrogen-bond acceptors (Lipinski definition) is 7. The van der Waals surface area contributed by atoms with Crippen molar-refractivity contribution in [1.82, 2.24) is 30.3 Å². The standard InChI is InChI=1S/C9H13N7O2S/c1-6(9-12-15-16-13-9)14-19(17,18)8-5-11-4-3-7(8)10-2/h3-6,14H,1-2H3,(H,10,11)(H,12,13,15,16). The van der Waals surface area contributed by atoms with Gasteiger partial charge in [0, 0.05) is 19.4 Å². The zero-order valence-electron chi connectivity index (χ0n) is 10.3. The second-order valence-electron chi connectivity index (χ2n) is 3.73. The molecule has 0 saturated carbocycles. The van der Waals surface area contributed by atoms with Crippen LogP contribution < -0.4 is 10.0 Å². The van der Waals surface area contributed by atoms with Crippen LogP contribution in [0.1, 0.15) is 18.8 Å². The molecule has 0 radical (unpaired) electrons. The van der Waals surface area contributed by atoms with Gasteiger partial charge in [0.25, 0.3) is 0 Å². The number of hydrogen-bond donors (Lipinski definition) is 3. The van der Waals surface area contributed by atoms with Crippen molar-refractivity contribution in [2.45, 2.75) is 17.9 Å². The van der Waals surface area contributed by atoms with E-state index in [9.17, 15) is 8.42 Å². The average molecular weight is 283 g/mol. The van der Waals surface area contributed by atoms with E-state index in [1.807, 2.05) is 0 Å². The van der Waals surface area contributed by atoms with Crippen molar-refractivity contribution in [3.63, 3.8) is 0 Å². The van der Waals surface area contributed by atoms with Crippen molar-refractivity contribution in [3.8, 4) is 0 Å². The highest BCUT2D eigenvalue weighted by molar-refractivity contribution is 7.89. The van der Waals surface area contributed by atoms with Gasteiger partial charge < -0.3 is 5.32 Å². The molecule has 1 unspecified atom stereocenters. The van der Waals surface area contributed by atoms with Crippen LogP contribution in [0.4, 0.5) is 5.69 Å². The molecule has 19 heavy (non-hydrogen) atoms. The molecular weight excluding hydrogens is 270 g/mol. The Morgan fingerprint density at radius 3 is 2.84 bits per heavy atom. The highest BCUT2D eigenvalue weighted by Crippen LogP contribution is 2.20. The number of aromatic amines is 1. The van der Waals surface area contributed by atoms with E-state index < -0.39 is 16.1 Å². The van der Waals surface area contributed by atoms with Crippen LogP contribution >= 0.6 is 0 Å². The largest absolute Gasteiger partial charge is 0.387 e. The van der Waals surface area contributed by atoms with E-state index in [0.29, 0.717) is 5.69 Å². The summed E-state index contributed by atoms with van der Waals surface area (Å²) in [5.41, 5.74) is 0.461. The Balaban J connectivity index is 2.28. The predicted molar refractivity (Wildman–Crippen MR) is 66.7 cm³/mol. The Labute approximate surface area is 109 Å². The van der Waals surface area contributed by atoms with Crippen molar-refractivity contribution in [1.29, 1.82) is 0 Å². The van der Waals surface area contributed by atoms with Crippen LogP contribution in [0.15, 0.2) is 23.4 Å². The van der Waals surface area contributed by atoms with Crippen molar-refractivity contribution in [2.24, 2.45) is 0 Å². The van der Waals surface area contributed by atoms with E-state index in [4.69, 9.17) is 0 Å². The van der Waals surface area contributed by atoms with Gasteiger partial charge in [-0.25, -0.2) is 13.1 Å². The van der Waals surface area contributed by atoms with Gasteiger partial charge in [-0.15, -0.1) is 10.2 Å². The van der Waals surface area contributed by atoms with Gasteiger partial charge >= 0.3 is 0 Å². The number of anilines is 1. The monoisotopic (exact) mass is 283 g/mol. The minimum atomic E-state index is -3.72. The summed E-state index contributed by atoms with van der Waals surface area (Å²) in [6.07, 6.45) is 2.78. The van der Waals surface area contributed by atoms with Gasteiger partial charge in [-0.2, -0.15) is 5.21 Å². The van der Waals surface area contributed by atoms with E-state index in [2.05, 4.69) is 35.6 Å². The molecule has 1 atom stereocenters. The summed E-state index contributed by atoms with van der Waals surface area (Å²) in [5, 5.41) is 15.9. The number of pyridine rings is 1. The molecule has 2 aromatic rings.